The lowest BCUT2D eigenvalue weighted by molar-refractivity contribution is -0.384. The molecule has 2 N–H and O–H groups in total. The summed E-state index contributed by atoms with van der Waals surface area (Å²) in [4.78, 5) is 22.4. The van der Waals surface area contributed by atoms with Gasteiger partial charge in [0.05, 0.1) is 22.6 Å². The normalized spacial score (nSPS) is 10.9. The van der Waals surface area contributed by atoms with Crippen molar-refractivity contribution in [2.45, 2.75) is 11.8 Å². The predicted octanol–water partition coefficient (Wildman–Crippen LogP) is 3.96. The van der Waals surface area contributed by atoms with Gasteiger partial charge in [-0.3, -0.25) is 19.6 Å². The molecule has 0 saturated carbocycles. The zero-order valence-electron chi connectivity index (χ0n) is 16.7. The molecule has 0 aliphatic heterocycles. The maximum Gasteiger partial charge on any atom is 0.269 e. The molecule has 0 fully saturated rings. The second kappa shape index (κ2) is 8.84. The Morgan fingerprint density at radius 1 is 1.00 bits per heavy atom. The Balaban J connectivity index is 1.74. The number of nitrogens with zero attached hydrogens (tertiary/aromatic N) is 1. The van der Waals surface area contributed by atoms with E-state index in [1.807, 2.05) is 6.92 Å². The van der Waals surface area contributed by atoms with Crippen LogP contribution >= 0.6 is 0 Å². The number of hydrogen-bond donors (Lipinski definition) is 2. The highest BCUT2D eigenvalue weighted by atomic mass is 32.2. The molecule has 3 aromatic rings. The van der Waals surface area contributed by atoms with Crippen LogP contribution in [0, 0.1) is 17.0 Å². The number of anilines is 2. The lowest BCUT2D eigenvalue weighted by Crippen LogP contribution is -2.14. The molecule has 0 saturated heterocycles. The van der Waals surface area contributed by atoms with Crippen molar-refractivity contribution in [1.29, 1.82) is 0 Å². The van der Waals surface area contributed by atoms with Gasteiger partial charge in [0.2, 0.25) is 0 Å². The van der Waals surface area contributed by atoms with Gasteiger partial charge < -0.3 is 10.1 Å². The van der Waals surface area contributed by atoms with Crippen molar-refractivity contribution in [1.82, 2.24) is 0 Å². The first kappa shape index (κ1) is 21.8. The topological polar surface area (TPSA) is 128 Å². The highest BCUT2D eigenvalue weighted by Gasteiger charge is 2.17. The number of nitro benzene ring substituents is 1. The first-order valence-electron chi connectivity index (χ1n) is 9.03. The first-order chi connectivity index (χ1) is 14.7. The Morgan fingerprint density at radius 2 is 1.65 bits per heavy atom. The Hall–Kier alpha value is -3.92. The van der Waals surface area contributed by atoms with E-state index in [0.717, 1.165) is 5.56 Å². The van der Waals surface area contributed by atoms with Gasteiger partial charge in [-0.15, -0.1) is 0 Å². The molecule has 0 atom stereocenters. The summed E-state index contributed by atoms with van der Waals surface area (Å²) >= 11 is 0. The van der Waals surface area contributed by atoms with Gasteiger partial charge in [-0.2, -0.15) is 0 Å². The third-order valence-electron chi connectivity index (χ3n) is 4.36. The van der Waals surface area contributed by atoms with Crippen LogP contribution in [0.25, 0.3) is 0 Å². The fraction of sp³-hybridized carbons (Fsp3) is 0.0952. The van der Waals surface area contributed by atoms with Crippen molar-refractivity contribution in [2.24, 2.45) is 0 Å². The fourth-order valence-electron chi connectivity index (χ4n) is 2.76. The maximum absolute atomic E-state index is 12.7. The van der Waals surface area contributed by atoms with Gasteiger partial charge in [0, 0.05) is 23.4 Å². The lowest BCUT2D eigenvalue weighted by Gasteiger charge is -2.13. The van der Waals surface area contributed by atoms with E-state index < -0.39 is 20.9 Å². The van der Waals surface area contributed by atoms with E-state index in [9.17, 15) is 23.3 Å². The molecule has 0 aromatic heterocycles. The average Bonchev–Trinajstić information content (AvgIpc) is 2.74. The average molecular weight is 441 g/mol. The molecule has 0 aliphatic rings. The highest BCUT2D eigenvalue weighted by Crippen LogP contribution is 2.28. The Morgan fingerprint density at radius 3 is 2.23 bits per heavy atom. The minimum absolute atomic E-state index is 0.00407. The van der Waals surface area contributed by atoms with E-state index >= 15 is 0 Å². The van der Waals surface area contributed by atoms with Crippen molar-refractivity contribution in [3.05, 3.63) is 88.0 Å². The monoisotopic (exact) mass is 441 g/mol. The van der Waals surface area contributed by atoms with Crippen LogP contribution in [0.5, 0.6) is 5.75 Å². The van der Waals surface area contributed by atoms with Crippen LogP contribution in [0.1, 0.15) is 15.9 Å². The van der Waals surface area contributed by atoms with E-state index in [2.05, 4.69) is 10.0 Å². The number of amides is 1. The van der Waals surface area contributed by atoms with Crippen molar-refractivity contribution in [3.8, 4) is 5.75 Å². The minimum atomic E-state index is -3.88. The number of hydrogen-bond acceptors (Lipinski definition) is 6. The van der Waals surface area contributed by atoms with Gasteiger partial charge in [-0.05, 0) is 61.0 Å². The van der Waals surface area contributed by atoms with Gasteiger partial charge in [0.1, 0.15) is 5.75 Å². The summed E-state index contributed by atoms with van der Waals surface area (Å²) in [5.41, 5.74) is 1.66. The Labute approximate surface area is 178 Å². The lowest BCUT2D eigenvalue weighted by atomic mass is 10.2. The van der Waals surface area contributed by atoms with E-state index in [1.165, 1.54) is 55.6 Å². The molecule has 0 bridgehead atoms. The zero-order valence-corrected chi connectivity index (χ0v) is 17.5. The number of ether oxygens (including phenoxy) is 1. The van der Waals surface area contributed by atoms with Crippen molar-refractivity contribution in [2.75, 3.05) is 17.1 Å². The van der Waals surface area contributed by atoms with Crippen LogP contribution in [0.4, 0.5) is 17.1 Å². The Bertz CT molecular complexity index is 1220. The number of nitro groups is 1. The van der Waals surface area contributed by atoms with Gasteiger partial charge in [-0.1, -0.05) is 6.07 Å². The predicted molar refractivity (Wildman–Crippen MR) is 116 cm³/mol. The number of non-ortho nitro benzene ring substituents is 1. The molecule has 10 heteroatoms. The molecule has 160 valence electrons. The fourth-order valence-corrected chi connectivity index (χ4v) is 3.82. The van der Waals surface area contributed by atoms with E-state index in [1.54, 1.807) is 18.2 Å². The number of methoxy groups -OCH3 is 1. The molecular weight excluding hydrogens is 422 g/mol. The largest absolute Gasteiger partial charge is 0.495 e. The van der Waals surface area contributed by atoms with E-state index in [0.29, 0.717) is 17.1 Å². The van der Waals surface area contributed by atoms with E-state index in [-0.39, 0.29) is 16.1 Å². The number of carbonyl (C=O) groups is 1. The highest BCUT2D eigenvalue weighted by molar-refractivity contribution is 7.92. The molecule has 31 heavy (non-hydrogen) atoms. The summed E-state index contributed by atoms with van der Waals surface area (Å²) in [7, 11) is -2.43. The molecule has 3 aromatic carbocycles. The molecule has 3 rings (SSSR count). The number of aryl methyl sites for hydroxylation is 1. The van der Waals surface area contributed by atoms with Gasteiger partial charge >= 0.3 is 0 Å². The molecule has 0 aliphatic carbocycles. The molecule has 0 heterocycles. The number of rotatable bonds is 7. The number of carbonyl (C=O) groups excluding carboxylic acids is 1. The molecule has 0 spiro atoms. The number of nitrogens with one attached hydrogen (secondary N) is 2. The van der Waals surface area contributed by atoms with Crippen LogP contribution < -0.4 is 14.8 Å². The molecule has 1 amide bonds. The quantitative estimate of drug-likeness (QED) is 0.422. The summed E-state index contributed by atoms with van der Waals surface area (Å²) in [6.07, 6.45) is 0. The number of benzene rings is 3. The van der Waals surface area contributed by atoms with Gasteiger partial charge in [0.25, 0.3) is 21.6 Å². The van der Waals surface area contributed by atoms with Gasteiger partial charge in [-0.25, -0.2) is 8.42 Å². The second-order valence-corrected chi connectivity index (χ2v) is 8.27. The van der Waals surface area contributed by atoms with Crippen molar-refractivity contribution >= 4 is 33.0 Å². The summed E-state index contributed by atoms with van der Waals surface area (Å²) in [6.45, 7) is 1.83. The smallest absolute Gasteiger partial charge is 0.269 e. The molecular formula is C21H19N3O6S. The maximum atomic E-state index is 12.7. The molecule has 0 unspecified atom stereocenters. The molecule has 0 radical (unpaired) electrons. The van der Waals surface area contributed by atoms with Crippen LogP contribution in [-0.2, 0) is 10.0 Å². The van der Waals surface area contributed by atoms with Crippen molar-refractivity contribution in [3.63, 3.8) is 0 Å². The third kappa shape index (κ3) is 5.17. The zero-order chi connectivity index (χ0) is 22.6. The standard InChI is InChI=1S/C21H19N3O6S/c1-14-3-12-20(30-2)19(13-14)23-31(28,29)18-10-6-16(7-11-18)22-21(25)15-4-8-17(9-5-15)24(26)27/h3-13,23H,1-2H3,(H,22,25). The SMILES string of the molecule is COc1ccc(C)cc1NS(=O)(=O)c1ccc(NC(=O)c2ccc([N+](=O)[O-])cc2)cc1. The van der Waals surface area contributed by atoms with E-state index in [4.69, 9.17) is 4.74 Å². The summed E-state index contributed by atoms with van der Waals surface area (Å²) in [5, 5.41) is 13.3. The van der Waals surface area contributed by atoms with Crippen molar-refractivity contribution < 1.29 is 22.9 Å². The summed E-state index contributed by atoms with van der Waals surface area (Å²) in [5.74, 6) is -0.0886. The van der Waals surface area contributed by atoms with Crippen LogP contribution in [0.3, 0.4) is 0 Å². The molecule has 9 nitrogen and oxygen atoms in total. The second-order valence-electron chi connectivity index (χ2n) is 6.59. The third-order valence-corrected chi connectivity index (χ3v) is 5.74. The first-order valence-corrected chi connectivity index (χ1v) is 10.5. The van der Waals surface area contributed by atoms with Crippen LogP contribution in [0.15, 0.2) is 71.6 Å². The summed E-state index contributed by atoms with van der Waals surface area (Å²) in [6, 6.07) is 15.9. The Kier molecular flexibility index (Phi) is 6.21. The van der Waals surface area contributed by atoms with Crippen LogP contribution in [0.2, 0.25) is 0 Å². The summed E-state index contributed by atoms with van der Waals surface area (Å²) < 4.78 is 33.1. The van der Waals surface area contributed by atoms with Gasteiger partial charge in [0.15, 0.2) is 0 Å². The minimum Gasteiger partial charge on any atom is -0.495 e. The number of sulfonamides is 1. The van der Waals surface area contributed by atoms with Crippen LogP contribution in [-0.4, -0.2) is 26.4 Å².